The number of hydrogen-bond acceptors (Lipinski definition) is 4. The van der Waals surface area contributed by atoms with Crippen LogP contribution in [0.5, 0.6) is 0 Å². The highest BCUT2D eigenvalue weighted by Gasteiger charge is 2.20. The zero-order chi connectivity index (χ0) is 16.1. The number of rotatable bonds is 4. The normalized spacial score (nSPS) is 17.5. The van der Waals surface area contributed by atoms with Crippen molar-refractivity contribution in [2.24, 2.45) is 5.92 Å². The zero-order valence-corrected chi connectivity index (χ0v) is 13.5. The molecule has 1 aliphatic rings. The molecule has 0 bridgehead atoms. The van der Waals surface area contributed by atoms with Crippen molar-refractivity contribution in [3.63, 3.8) is 0 Å². The number of hydrogen-bond donors (Lipinski definition) is 3. The van der Waals surface area contributed by atoms with Crippen LogP contribution < -0.4 is 16.0 Å². The van der Waals surface area contributed by atoms with Gasteiger partial charge in [0, 0.05) is 17.9 Å². The summed E-state index contributed by atoms with van der Waals surface area (Å²) >= 11 is 1.40. The second-order valence-corrected chi connectivity index (χ2v) is 6.49. The van der Waals surface area contributed by atoms with Crippen molar-refractivity contribution in [3.05, 3.63) is 46.7 Å². The van der Waals surface area contributed by atoms with E-state index < -0.39 is 0 Å². The minimum absolute atomic E-state index is 0.00751. The number of benzene rings is 1. The number of anilines is 2. The molecule has 1 atom stereocenters. The van der Waals surface area contributed by atoms with Crippen LogP contribution in [-0.4, -0.2) is 24.9 Å². The van der Waals surface area contributed by atoms with Crippen LogP contribution in [0.25, 0.3) is 0 Å². The number of piperidine rings is 1. The Kier molecular flexibility index (Phi) is 5.05. The number of carbonyl (C=O) groups is 2. The number of thiophene rings is 1. The molecule has 0 radical (unpaired) electrons. The Labute approximate surface area is 139 Å². The molecule has 3 rings (SSSR count). The van der Waals surface area contributed by atoms with Gasteiger partial charge in [0.15, 0.2) is 0 Å². The summed E-state index contributed by atoms with van der Waals surface area (Å²) in [6, 6.07) is 10.9. The molecule has 1 aliphatic heterocycles. The third-order valence-corrected chi connectivity index (χ3v) is 4.67. The molecule has 1 fully saturated rings. The Morgan fingerprint density at radius 3 is 2.65 bits per heavy atom. The Morgan fingerprint density at radius 2 is 1.96 bits per heavy atom. The van der Waals surface area contributed by atoms with Crippen LogP contribution in [0.15, 0.2) is 41.8 Å². The molecule has 2 amide bonds. The SMILES string of the molecule is O=C(Nc1cccc(NC(=O)C2CCCNC2)c1)c1cccs1. The smallest absolute Gasteiger partial charge is 0.265 e. The van der Waals surface area contributed by atoms with E-state index >= 15 is 0 Å². The predicted molar refractivity (Wildman–Crippen MR) is 92.9 cm³/mol. The highest BCUT2D eigenvalue weighted by Crippen LogP contribution is 2.19. The summed E-state index contributed by atoms with van der Waals surface area (Å²) in [6.07, 6.45) is 1.93. The third-order valence-electron chi connectivity index (χ3n) is 3.80. The van der Waals surface area contributed by atoms with Crippen LogP contribution >= 0.6 is 11.3 Å². The fraction of sp³-hybridized carbons (Fsp3) is 0.294. The van der Waals surface area contributed by atoms with E-state index in [1.807, 2.05) is 29.6 Å². The summed E-state index contributed by atoms with van der Waals surface area (Å²) < 4.78 is 0. The van der Waals surface area contributed by atoms with Crippen molar-refractivity contribution in [1.82, 2.24) is 5.32 Å². The maximum Gasteiger partial charge on any atom is 0.265 e. The Morgan fingerprint density at radius 1 is 1.13 bits per heavy atom. The summed E-state index contributed by atoms with van der Waals surface area (Å²) in [5.74, 6) is -0.105. The van der Waals surface area contributed by atoms with Crippen molar-refractivity contribution < 1.29 is 9.59 Å². The molecule has 3 N–H and O–H groups in total. The summed E-state index contributed by atoms with van der Waals surface area (Å²) in [6.45, 7) is 1.70. The van der Waals surface area contributed by atoms with Crippen LogP contribution in [0.4, 0.5) is 11.4 Å². The summed E-state index contributed by atoms with van der Waals surface area (Å²) in [5.41, 5.74) is 1.37. The van der Waals surface area contributed by atoms with Gasteiger partial charge in [-0.05, 0) is 49.0 Å². The minimum atomic E-state index is -0.139. The van der Waals surface area contributed by atoms with Gasteiger partial charge in [-0.3, -0.25) is 9.59 Å². The lowest BCUT2D eigenvalue weighted by Crippen LogP contribution is -2.37. The Balaban J connectivity index is 1.62. The van der Waals surface area contributed by atoms with E-state index in [2.05, 4.69) is 16.0 Å². The molecule has 0 spiro atoms. The van der Waals surface area contributed by atoms with E-state index in [4.69, 9.17) is 0 Å². The number of amides is 2. The molecule has 1 aromatic carbocycles. The average Bonchev–Trinajstić information content (AvgIpc) is 3.10. The number of nitrogens with one attached hydrogen (secondary N) is 3. The first-order chi connectivity index (χ1) is 11.2. The maximum atomic E-state index is 12.3. The lowest BCUT2D eigenvalue weighted by atomic mass is 9.99. The van der Waals surface area contributed by atoms with Gasteiger partial charge in [0.05, 0.1) is 10.8 Å². The topological polar surface area (TPSA) is 70.2 Å². The minimum Gasteiger partial charge on any atom is -0.326 e. The van der Waals surface area contributed by atoms with Gasteiger partial charge in [0.25, 0.3) is 5.91 Å². The Bertz CT molecular complexity index is 679. The highest BCUT2D eigenvalue weighted by molar-refractivity contribution is 7.12. The van der Waals surface area contributed by atoms with Crippen LogP contribution in [-0.2, 0) is 4.79 Å². The molecule has 120 valence electrons. The fourth-order valence-electron chi connectivity index (χ4n) is 2.60. The van der Waals surface area contributed by atoms with Crippen molar-refractivity contribution in [2.45, 2.75) is 12.8 Å². The quantitative estimate of drug-likeness (QED) is 0.808. The second kappa shape index (κ2) is 7.39. The molecule has 1 saturated heterocycles. The van der Waals surface area contributed by atoms with Crippen LogP contribution in [0.3, 0.4) is 0 Å². The molecule has 0 saturated carbocycles. The summed E-state index contributed by atoms with van der Waals surface area (Å²) in [4.78, 5) is 25.0. The maximum absolute atomic E-state index is 12.3. The van der Waals surface area contributed by atoms with Crippen molar-refractivity contribution in [3.8, 4) is 0 Å². The van der Waals surface area contributed by atoms with Crippen LogP contribution in [0.1, 0.15) is 22.5 Å². The summed E-state index contributed by atoms with van der Waals surface area (Å²) in [5, 5.41) is 10.9. The van der Waals surface area contributed by atoms with E-state index in [0.717, 1.165) is 25.9 Å². The van der Waals surface area contributed by atoms with Crippen molar-refractivity contribution >= 4 is 34.5 Å². The highest BCUT2D eigenvalue weighted by atomic mass is 32.1. The van der Waals surface area contributed by atoms with Crippen molar-refractivity contribution in [1.29, 1.82) is 0 Å². The molecule has 6 heteroatoms. The van der Waals surface area contributed by atoms with Crippen molar-refractivity contribution in [2.75, 3.05) is 23.7 Å². The first-order valence-electron chi connectivity index (χ1n) is 7.69. The lowest BCUT2D eigenvalue weighted by molar-refractivity contribution is -0.120. The molecule has 0 aliphatic carbocycles. The third kappa shape index (κ3) is 4.18. The van der Waals surface area contributed by atoms with E-state index in [9.17, 15) is 9.59 Å². The zero-order valence-electron chi connectivity index (χ0n) is 12.7. The predicted octanol–water partition coefficient (Wildman–Crippen LogP) is 2.94. The van der Waals surface area contributed by atoms with Crippen LogP contribution in [0.2, 0.25) is 0 Å². The van der Waals surface area contributed by atoms with Crippen LogP contribution in [0, 0.1) is 5.92 Å². The first-order valence-corrected chi connectivity index (χ1v) is 8.57. The van der Waals surface area contributed by atoms with E-state index in [1.54, 1.807) is 12.1 Å². The van der Waals surface area contributed by atoms with Gasteiger partial charge in [-0.15, -0.1) is 11.3 Å². The standard InChI is InChI=1S/C17H19N3O2S/c21-16(12-4-2-8-18-11-12)19-13-5-1-6-14(10-13)20-17(22)15-7-3-9-23-15/h1,3,5-7,9-10,12,18H,2,4,8,11H2,(H,19,21)(H,20,22). The molecule has 1 unspecified atom stereocenters. The van der Waals surface area contributed by atoms with E-state index in [0.29, 0.717) is 16.3 Å². The van der Waals surface area contributed by atoms with Gasteiger partial charge < -0.3 is 16.0 Å². The lowest BCUT2D eigenvalue weighted by Gasteiger charge is -2.22. The van der Waals surface area contributed by atoms with E-state index in [-0.39, 0.29) is 17.7 Å². The largest absolute Gasteiger partial charge is 0.326 e. The summed E-state index contributed by atoms with van der Waals surface area (Å²) in [7, 11) is 0. The van der Waals surface area contributed by atoms with Gasteiger partial charge in [-0.25, -0.2) is 0 Å². The monoisotopic (exact) mass is 329 g/mol. The second-order valence-electron chi connectivity index (χ2n) is 5.54. The molecule has 2 heterocycles. The molecule has 1 aromatic heterocycles. The average molecular weight is 329 g/mol. The molecular weight excluding hydrogens is 310 g/mol. The first kappa shape index (κ1) is 15.7. The van der Waals surface area contributed by atoms with Gasteiger partial charge in [0.1, 0.15) is 0 Å². The molecule has 2 aromatic rings. The van der Waals surface area contributed by atoms with E-state index in [1.165, 1.54) is 11.3 Å². The van der Waals surface area contributed by atoms with Gasteiger partial charge in [-0.1, -0.05) is 12.1 Å². The molecule has 23 heavy (non-hydrogen) atoms. The molecule has 5 nitrogen and oxygen atoms in total. The Hall–Kier alpha value is -2.18. The fourth-order valence-corrected chi connectivity index (χ4v) is 3.21. The van der Waals surface area contributed by atoms with Gasteiger partial charge in [0.2, 0.25) is 5.91 Å². The van der Waals surface area contributed by atoms with Gasteiger partial charge >= 0.3 is 0 Å². The van der Waals surface area contributed by atoms with Gasteiger partial charge in [-0.2, -0.15) is 0 Å². The molecular formula is C17H19N3O2S. The number of carbonyl (C=O) groups excluding carboxylic acids is 2.